The fraction of sp³-hybridized carbons (Fsp3) is 0.407. The first-order valence-corrected chi connectivity index (χ1v) is 12.7. The fourth-order valence-electron chi connectivity index (χ4n) is 5.15. The van der Waals surface area contributed by atoms with Crippen molar-refractivity contribution in [1.82, 2.24) is 24.8 Å². The Kier molecular flexibility index (Phi) is 6.25. The molecule has 5 heterocycles. The second kappa shape index (κ2) is 9.83. The van der Waals surface area contributed by atoms with Crippen LogP contribution in [0.4, 0.5) is 17.5 Å². The Morgan fingerprint density at radius 1 is 0.917 bits per heavy atom. The molecule has 0 bridgehead atoms. The van der Waals surface area contributed by atoms with Crippen molar-refractivity contribution in [3.05, 3.63) is 59.9 Å². The molecule has 1 aromatic carbocycles. The minimum absolute atomic E-state index is 0.0856. The summed E-state index contributed by atoms with van der Waals surface area (Å²) in [6.07, 6.45) is 4.46. The van der Waals surface area contributed by atoms with E-state index in [1.165, 1.54) is 0 Å². The molecule has 1 amide bonds. The van der Waals surface area contributed by atoms with Crippen molar-refractivity contribution in [2.45, 2.75) is 6.42 Å². The van der Waals surface area contributed by atoms with Gasteiger partial charge in [0.05, 0.1) is 18.9 Å². The molecule has 0 N–H and O–H groups in total. The van der Waals surface area contributed by atoms with Crippen molar-refractivity contribution < 1.29 is 9.53 Å². The van der Waals surface area contributed by atoms with E-state index < -0.39 is 0 Å². The van der Waals surface area contributed by atoms with Crippen molar-refractivity contribution >= 4 is 23.4 Å². The quantitative estimate of drug-likeness (QED) is 0.558. The van der Waals surface area contributed by atoms with Gasteiger partial charge in [-0.3, -0.25) is 9.78 Å². The lowest BCUT2D eigenvalue weighted by Crippen LogP contribution is -2.47. The van der Waals surface area contributed by atoms with Crippen molar-refractivity contribution in [3.8, 4) is 11.3 Å². The Labute approximate surface area is 211 Å². The average Bonchev–Trinajstić information content (AvgIpc) is 3.38. The Hall–Kier alpha value is -3.56. The Bertz CT molecular complexity index is 1240. The van der Waals surface area contributed by atoms with E-state index in [9.17, 15) is 4.79 Å². The molecule has 0 unspecified atom stereocenters. The zero-order valence-electron chi connectivity index (χ0n) is 20.6. The van der Waals surface area contributed by atoms with Gasteiger partial charge in [-0.25, -0.2) is 4.98 Å². The van der Waals surface area contributed by atoms with E-state index in [2.05, 4.69) is 32.8 Å². The number of carbonyl (C=O) groups excluding carboxylic acids is 1. The van der Waals surface area contributed by atoms with E-state index in [-0.39, 0.29) is 5.91 Å². The highest BCUT2D eigenvalue weighted by molar-refractivity contribution is 5.95. The molecule has 9 heteroatoms. The first kappa shape index (κ1) is 22.9. The van der Waals surface area contributed by atoms with E-state index in [0.29, 0.717) is 24.7 Å². The van der Waals surface area contributed by atoms with Gasteiger partial charge in [-0.2, -0.15) is 4.98 Å². The van der Waals surface area contributed by atoms with Crippen LogP contribution in [0.5, 0.6) is 0 Å². The molecule has 186 valence electrons. The van der Waals surface area contributed by atoms with Gasteiger partial charge in [0.1, 0.15) is 5.82 Å². The summed E-state index contributed by atoms with van der Waals surface area (Å²) in [6, 6.07) is 12.0. The summed E-state index contributed by atoms with van der Waals surface area (Å²) in [5.41, 5.74) is 4.76. The van der Waals surface area contributed by atoms with Crippen LogP contribution < -0.4 is 9.80 Å². The van der Waals surface area contributed by atoms with Crippen LogP contribution in [0.25, 0.3) is 11.3 Å². The molecule has 2 saturated heterocycles. The van der Waals surface area contributed by atoms with Crippen molar-refractivity contribution in [1.29, 1.82) is 0 Å². The molecule has 3 aromatic rings. The Balaban J connectivity index is 1.40. The first-order valence-electron chi connectivity index (χ1n) is 12.7. The van der Waals surface area contributed by atoms with Crippen LogP contribution in [0.15, 0.2) is 48.8 Å². The van der Waals surface area contributed by atoms with Crippen LogP contribution in [0, 0.1) is 0 Å². The number of nitrogens with zero attached hydrogens (tertiary/aromatic N) is 7. The standard InChI is InChI=1S/C27H31N7O2/c1-31-11-13-32(14-12-31)26(35)21-4-2-3-20(19-21)24-23-7-10-34(22-5-8-28-9-6-22)25(23)30-27(29-24)33-15-17-36-18-16-33/h2-6,8-9,19H,7,10-18H2,1H3. The second-order valence-corrected chi connectivity index (χ2v) is 9.56. The number of hydrogen-bond acceptors (Lipinski definition) is 8. The van der Waals surface area contributed by atoms with Crippen LogP contribution in [0.1, 0.15) is 15.9 Å². The lowest BCUT2D eigenvalue weighted by atomic mass is 10.0. The van der Waals surface area contributed by atoms with Crippen molar-refractivity contribution in [2.75, 3.05) is 75.9 Å². The molecule has 3 aliphatic rings. The van der Waals surface area contributed by atoms with Gasteiger partial charge in [0.15, 0.2) is 0 Å². The van der Waals surface area contributed by atoms with Gasteiger partial charge in [-0.15, -0.1) is 0 Å². The van der Waals surface area contributed by atoms with Gasteiger partial charge in [0.2, 0.25) is 5.95 Å². The predicted molar refractivity (Wildman–Crippen MR) is 139 cm³/mol. The van der Waals surface area contributed by atoms with Crippen LogP contribution in [-0.4, -0.2) is 96.7 Å². The molecular formula is C27H31N7O2. The van der Waals surface area contributed by atoms with E-state index in [1.54, 1.807) is 0 Å². The number of rotatable bonds is 4. The number of carbonyl (C=O) groups is 1. The summed E-state index contributed by atoms with van der Waals surface area (Å²) in [5.74, 6) is 1.73. The number of fused-ring (bicyclic) bond motifs is 1. The number of benzene rings is 1. The summed E-state index contributed by atoms with van der Waals surface area (Å²) in [7, 11) is 2.10. The topological polar surface area (TPSA) is 77.9 Å². The van der Waals surface area contributed by atoms with E-state index in [0.717, 1.165) is 80.6 Å². The number of likely N-dealkylation sites (N-methyl/N-ethyl adjacent to an activating group) is 1. The van der Waals surface area contributed by atoms with Gasteiger partial charge < -0.3 is 24.3 Å². The number of pyridine rings is 1. The highest BCUT2D eigenvalue weighted by atomic mass is 16.5. The molecule has 0 spiro atoms. The monoisotopic (exact) mass is 485 g/mol. The number of piperazine rings is 1. The van der Waals surface area contributed by atoms with Crippen LogP contribution >= 0.6 is 0 Å². The lowest BCUT2D eigenvalue weighted by Gasteiger charge is -2.32. The summed E-state index contributed by atoms with van der Waals surface area (Å²) in [5, 5.41) is 0. The largest absolute Gasteiger partial charge is 0.378 e. The van der Waals surface area contributed by atoms with Crippen LogP contribution in [0.3, 0.4) is 0 Å². The van der Waals surface area contributed by atoms with E-state index in [1.807, 2.05) is 47.6 Å². The average molecular weight is 486 g/mol. The SMILES string of the molecule is CN1CCN(C(=O)c2cccc(-c3nc(N4CCOCC4)nc4c3CCN4c3ccncc3)c2)CC1. The minimum Gasteiger partial charge on any atom is -0.378 e. The fourth-order valence-corrected chi connectivity index (χ4v) is 5.15. The number of anilines is 3. The number of amides is 1. The van der Waals surface area contributed by atoms with E-state index >= 15 is 0 Å². The molecule has 9 nitrogen and oxygen atoms in total. The maximum Gasteiger partial charge on any atom is 0.253 e. The second-order valence-electron chi connectivity index (χ2n) is 9.56. The van der Waals surface area contributed by atoms with Gasteiger partial charge in [-0.05, 0) is 37.7 Å². The highest BCUT2D eigenvalue weighted by Gasteiger charge is 2.29. The molecule has 0 radical (unpaired) electrons. The van der Waals surface area contributed by atoms with Gasteiger partial charge >= 0.3 is 0 Å². The third-order valence-electron chi connectivity index (χ3n) is 7.26. The van der Waals surface area contributed by atoms with Crippen LogP contribution in [-0.2, 0) is 11.2 Å². The number of hydrogen-bond donors (Lipinski definition) is 0. The normalized spacial score (nSPS) is 18.4. The zero-order chi connectivity index (χ0) is 24.5. The van der Waals surface area contributed by atoms with Crippen LogP contribution in [0.2, 0.25) is 0 Å². The highest BCUT2D eigenvalue weighted by Crippen LogP contribution is 2.39. The van der Waals surface area contributed by atoms with Crippen molar-refractivity contribution in [2.24, 2.45) is 0 Å². The summed E-state index contributed by atoms with van der Waals surface area (Å²) >= 11 is 0. The Morgan fingerprint density at radius 2 is 1.69 bits per heavy atom. The third kappa shape index (κ3) is 4.40. The van der Waals surface area contributed by atoms with Gasteiger partial charge in [0.25, 0.3) is 5.91 Å². The molecule has 2 aromatic heterocycles. The molecule has 6 rings (SSSR count). The van der Waals surface area contributed by atoms with Gasteiger partial charge in [0, 0.05) is 80.6 Å². The maximum absolute atomic E-state index is 13.3. The molecule has 0 atom stereocenters. The molecule has 3 aliphatic heterocycles. The smallest absolute Gasteiger partial charge is 0.253 e. The van der Waals surface area contributed by atoms with Crippen molar-refractivity contribution in [3.63, 3.8) is 0 Å². The summed E-state index contributed by atoms with van der Waals surface area (Å²) < 4.78 is 5.57. The maximum atomic E-state index is 13.3. The predicted octanol–water partition coefficient (Wildman–Crippen LogP) is 2.46. The number of ether oxygens (including phenoxy) is 1. The number of aromatic nitrogens is 3. The van der Waals surface area contributed by atoms with Gasteiger partial charge in [-0.1, -0.05) is 12.1 Å². The number of morpholine rings is 1. The lowest BCUT2D eigenvalue weighted by molar-refractivity contribution is 0.0664. The molecule has 2 fully saturated rings. The minimum atomic E-state index is 0.0856. The third-order valence-corrected chi connectivity index (χ3v) is 7.26. The summed E-state index contributed by atoms with van der Waals surface area (Å²) in [4.78, 5) is 36.3. The molecule has 0 saturated carbocycles. The molecular weight excluding hydrogens is 454 g/mol. The molecule has 0 aliphatic carbocycles. The van der Waals surface area contributed by atoms with E-state index in [4.69, 9.17) is 14.7 Å². The first-order chi connectivity index (χ1) is 17.7. The summed E-state index contributed by atoms with van der Waals surface area (Å²) in [6.45, 7) is 6.99. The Morgan fingerprint density at radius 3 is 2.47 bits per heavy atom. The zero-order valence-corrected chi connectivity index (χ0v) is 20.6. The molecule has 36 heavy (non-hydrogen) atoms.